The number of aromatic nitrogens is 3. The first-order valence-corrected chi connectivity index (χ1v) is 9.59. The van der Waals surface area contributed by atoms with E-state index in [9.17, 15) is 23.1 Å². The van der Waals surface area contributed by atoms with Crippen molar-refractivity contribution in [3.8, 4) is 11.3 Å². The Kier molecular flexibility index (Phi) is 5.43. The third-order valence-corrected chi connectivity index (χ3v) is 5.02. The average molecular weight is 441 g/mol. The van der Waals surface area contributed by atoms with Crippen LogP contribution >= 0.6 is 0 Å². The van der Waals surface area contributed by atoms with Crippen molar-refractivity contribution in [2.75, 3.05) is 7.11 Å². The zero-order chi connectivity index (χ0) is 23.0. The third-order valence-electron chi connectivity index (χ3n) is 5.02. The molecule has 0 spiro atoms. The number of carbonyl (C=O) groups is 1. The molecular weight excluding hydrogens is 423 g/mol. The van der Waals surface area contributed by atoms with Crippen molar-refractivity contribution in [2.24, 2.45) is 0 Å². The SMILES string of the molecule is COC(=O)c1cccc(C(O)c2c(-c3ccc(C(F)(F)F)cc3)nn3cc(C)ccc23)n1. The molecule has 0 aliphatic carbocycles. The number of ether oxygens (including phenoxy) is 1. The minimum atomic E-state index is -4.46. The first-order chi connectivity index (χ1) is 15.2. The van der Waals surface area contributed by atoms with Crippen LogP contribution in [0.25, 0.3) is 16.8 Å². The summed E-state index contributed by atoms with van der Waals surface area (Å²) in [6, 6.07) is 12.7. The largest absolute Gasteiger partial charge is 0.464 e. The van der Waals surface area contributed by atoms with Gasteiger partial charge in [-0.25, -0.2) is 14.3 Å². The zero-order valence-electron chi connectivity index (χ0n) is 17.1. The maximum Gasteiger partial charge on any atom is 0.416 e. The first-order valence-electron chi connectivity index (χ1n) is 9.59. The molecule has 4 rings (SSSR count). The number of rotatable bonds is 4. The molecule has 164 valence electrons. The number of benzene rings is 1. The first kappa shape index (κ1) is 21.5. The Balaban J connectivity index is 1.88. The lowest BCUT2D eigenvalue weighted by molar-refractivity contribution is -0.137. The fraction of sp³-hybridized carbons (Fsp3) is 0.174. The third kappa shape index (κ3) is 3.94. The number of alkyl halides is 3. The van der Waals surface area contributed by atoms with Gasteiger partial charge < -0.3 is 9.84 Å². The molecule has 6 nitrogen and oxygen atoms in total. The van der Waals surface area contributed by atoms with E-state index in [1.807, 2.05) is 13.0 Å². The van der Waals surface area contributed by atoms with E-state index in [0.29, 0.717) is 22.3 Å². The molecule has 1 N–H and O–H groups in total. The van der Waals surface area contributed by atoms with Crippen LogP contribution in [0.4, 0.5) is 13.2 Å². The van der Waals surface area contributed by atoms with E-state index in [1.165, 1.54) is 25.3 Å². The molecule has 3 heterocycles. The van der Waals surface area contributed by atoms with Gasteiger partial charge in [-0.05, 0) is 42.8 Å². The number of aliphatic hydroxyl groups excluding tert-OH is 1. The van der Waals surface area contributed by atoms with Crippen LogP contribution < -0.4 is 0 Å². The summed E-state index contributed by atoms with van der Waals surface area (Å²) >= 11 is 0. The van der Waals surface area contributed by atoms with Gasteiger partial charge in [0, 0.05) is 17.3 Å². The lowest BCUT2D eigenvalue weighted by Gasteiger charge is -2.13. The quantitative estimate of drug-likeness (QED) is 0.469. The number of carbonyl (C=O) groups excluding carboxylic acids is 1. The van der Waals surface area contributed by atoms with Crippen molar-refractivity contribution < 1.29 is 27.8 Å². The maximum absolute atomic E-state index is 13.0. The lowest BCUT2D eigenvalue weighted by atomic mass is 9.98. The van der Waals surface area contributed by atoms with Crippen LogP contribution in [0.2, 0.25) is 0 Å². The second-order valence-electron chi connectivity index (χ2n) is 7.22. The highest BCUT2D eigenvalue weighted by Crippen LogP contribution is 2.36. The van der Waals surface area contributed by atoms with E-state index in [2.05, 4.69) is 14.8 Å². The Morgan fingerprint density at radius 1 is 1.09 bits per heavy atom. The molecule has 0 aliphatic heterocycles. The topological polar surface area (TPSA) is 76.7 Å². The summed E-state index contributed by atoms with van der Waals surface area (Å²) in [6.45, 7) is 1.87. The Bertz CT molecular complexity index is 1300. The van der Waals surface area contributed by atoms with Gasteiger partial charge in [0.05, 0.1) is 29.6 Å². The molecule has 0 amide bonds. The van der Waals surface area contributed by atoms with Gasteiger partial charge in [-0.1, -0.05) is 24.3 Å². The highest BCUT2D eigenvalue weighted by atomic mass is 19.4. The Morgan fingerprint density at radius 3 is 2.47 bits per heavy atom. The van der Waals surface area contributed by atoms with Gasteiger partial charge in [0.2, 0.25) is 0 Å². The molecule has 9 heteroatoms. The van der Waals surface area contributed by atoms with E-state index < -0.39 is 23.8 Å². The standard InChI is InChI=1S/C23H18F3N3O3/c1-13-6-11-18-19(21(30)16-4-3-5-17(27-16)22(31)32-2)20(28-29(18)12-13)14-7-9-15(10-8-14)23(24,25)26/h3-12,21,30H,1-2H3. The molecule has 3 aromatic heterocycles. The summed E-state index contributed by atoms with van der Waals surface area (Å²) in [6.07, 6.45) is -4.01. The molecular formula is C23H18F3N3O3. The number of hydrogen-bond donors (Lipinski definition) is 1. The van der Waals surface area contributed by atoms with Crippen LogP contribution in [0, 0.1) is 6.92 Å². The summed E-state index contributed by atoms with van der Waals surface area (Å²) in [5, 5.41) is 15.7. The van der Waals surface area contributed by atoms with Crippen LogP contribution in [-0.2, 0) is 10.9 Å². The minimum Gasteiger partial charge on any atom is -0.464 e. The normalized spacial score (nSPS) is 12.7. The molecule has 0 saturated heterocycles. The van der Waals surface area contributed by atoms with Gasteiger partial charge >= 0.3 is 12.1 Å². The van der Waals surface area contributed by atoms with Crippen molar-refractivity contribution in [3.05, 3.63) is 88.9 Å². The second-order valence-corrected chi connectivity index (χ2v) is 7.22. The Morgan fingerprint density at radius 2 is 1.81 bits per heavy atom. The van der Waals surface area contributed by atoms with E-state index in [4.69, 9.17) is 0 Å². The smallest absolute Gasteiger partial charge is 0.416 e. The highest BCUT2D eigenvalue weighted by Gasteiger charge is 2.31. The number of halogens is 3. The molecule has 0 aliphatic rings. The van der Waals surface area contributed by atoms with Gasteiger partial charge in [0.1, 0.15) is 11.8 Å². The molecule has 0 fully saturated rings. The van der Waals surface area contributed by atoms with Crippen molar-refractivity contribution in [3.63, 3.8) is 0 Å². The van der Waals surface area contributed by atoms with Gasteiger partial charge in [-0.3, -0.25) is 0 Å². The van der Waals surface area contributed by atoms with Gasteiger partial charge in [0.25, 0.3) is 0 Å². The number of pyridine rings is 2. The molecule has 0 radical (unpaired) electrons. The number of methoxy groups -OCH3 is 1. The summed E-state index contributed by atoms with van der Waals surface area (Å²) in [5.74, 6) is -0.655. The number of fused-ring (bicyclic) bond motifs is 1. The van der Waals surface area contributed by atoms with Crippen LogP contribution in [-0.4, -0.2) is 32.8 Å². The minimum absolute atomic E-state index is 0.0208. The van der Waals surface area contributed by atoms with Crippen LogP contribution in [0.15, 0.2) is 60.8 Å². The van der Waals surface area contributed by atoms with Gasteiger partial charge in [-0.2, -0.15) is 18.3 Å². The fourth-order valence-corrected chi connectivity index (χ4v) is 3.44. The monoisotopic (exact) mass is 441 g/mol. The number of esters is 1. The van der Waals surface area contributed by atoms with Gasteiger partial charge in [0.15, 0.2) is 0 Å². The molecule has 32 heavy (non-hydrogen) atoms. The average Bonchev–Trinajstić information content (AvgIpc) is 3.16. The highest BCUT2D eigenvalue weighted by molar-refractivity contribution is 5.87. The van der Waals surface area contributed by atoms with Crippen molar-refractivity contribution in [1.82, 2.24) is 14.6 Å². The Labute approximate surface area is 180 Å². The maximum atomic E-state index is 13.0. The molecule has 1 unspecified atom stereocenters. The van der Waals surface area contributed by atoms with Crippen molar-refractivity contribution in [2.45, 2.75) is 19.2 Å². The lowest BCUT2D eigenvalue weighted by Crippen LogP contribution is -2.09. The van der Waals surface area contributed by atoms with E-state index in [-0.39, 0.29) is 11.4 Å². The number of aryl methyl sites for hydroxylation is 1. The van der Waals surface area contributed by atoms with E-state index in [1.54, 1.807) is 28.9 Å². The predicted molar refractivity (Wildman–Crippen MR) is 110 cm³/mol. The molecule has 0 saturated carbocycles. The van der Waals surface area contributed by atoms with Crippen LogP contribution in [0.5, 0.6) is 0 Å². The number of hydrogen-bond acceptors (Lipinski definition) is 5. The number of aliphatic hydroxyl groups is 1. The number of nitrogens with zero attached hydrogens (tertiary/aromatic N) is 3. The molecule has 1 aromatic carbocycles. The van der Waals surface area contributed by atoms with Crippen molar-refractivity contribution in [1.29, 1.82) is 0 Å². The molecule has 4 aromatic rings. The van der Waals surface area contributed by atoms with E-state index in [0.717, 1.165) is 17.7 Å². The van der Waals surface area contributed by atoms with E-state index >= 15 is 0 Å². The molecule has 0 bridgehead atoms. The molecule has 1 atom stereocenters. The summed E-state index contributed by atoms with van der Waals surface area (Å²) in [7, 11) is 1.23. The zero-order valence-corrected chi connectivity index (χ0v) is 17.1. The van der Waals surface area contributed by atoms with Crippen molar-refractivity contribution >= 4 is 11.5 Å². The Hall–Kier alpha value is -3.72. The predicted octanol–water partition coefficient (Wildman–Crippen LogP) is 4.59. The summed E-state index contributed by atoms with van der Waals surface area (Å²) < 4.78 is 45.2. The van der Waals surface area contributed by atoms with Crippen LogP contribution in [0.1, 0.15) is 39.0 Å². The van der Waals surface area contributed by atoms with Crippen LogP contribution in [0.3, 0.4) is 0 Å². The fourth-order valence-electron chi connectivity index (χ4n) is 3.44. The second kappa shape index (κ2) is 8.08. The van der Waals surface area contributed by atoms with Gasteiger partial charge in [-0.15, -0.1) is 0 Å². The summed E-state index contributed by atoms with van der Waals surface area (Å²) in [5.41, 5.74) is 1.95. The summed E-state index contributed by atoms with van der Waals surface area (Å²) in [4.78, 5) is 16.0.